The van der Waals surface area contributed by atoms with Crippen LogP contribution in [0.25, 0.3) is 0 Å². The smallest absolute Gasteiger partial charge is 0.435 e. The van der Waals surface area contributed by atoms with Crippen molar-refractivity contribution in [2.75, 3.05) is 15.8 Å². The van der Waals surface area contributed by atoms with Gasteiger partial charge in [-0.25, -0.2) is 12.7 Å². The minimum atomic E-state index is -6.36. The first-order valence-electron chi connectivity index (χ1n) is 12.8. The van der Waals surface area contributed by atoms with E-state index in [0.29, 0.717) is 9.99 Å². The van der Waals surface area contributed by atoms with Gasteiger partial charge in [-0.2, -0.15) is 26.3 Å². The molecule has 7 nitrogen and oxygen atoms in total. The van der Waals surface area contributed by atoms with Crippen LogP contribution in [0, 0.1) is 11.7 Å². The molecule has 45 heavy (non-hydrogen) atoms. The van der Waals surface area contributed by atoms with Gasteiger partial charge in [0.2, 0.25) is 0 Å². The van der Waals surface area contributed by atoms with Gasteiger partial charge in [-0.15, -0.1) is 0 Å². The highest BCUT2D eigenvalue weighted by molar-refractivity contribution is 9.11. The van der Waals surface area contributed by atoms with Crippen LogP contribution in [-0.4, -0.2) is 47.9 Å². The Balaban J connectivity index is 2.40. The van der Waals surface area contributed by atoms with E-state index < -0.39 is 86.6 Å². The third kappa shape index (κ3) is 9.08. The first-order chi connectivity index (χ1) is 20.2. The number of nitrogens with zero attached hydrogens (tertiary/aromatic N) is 1. The van der Waals surface area contributed by atoms with Crippen molar-refractivity contribution in [2.24, 2.45) is 5.92 Å². The van der Waals surface area contributed by atoms with Gasteiger partial charge in [-0.05, 0) is 81.7 Å². The molecular weight excluding hydrogens is 756 g/mol. The molecule has 2 rings (SSSR count). The minimum Gasteiger partial charge on any atom is -0.459 e. The van der Waals surface area contributed by atoms with Crippen LogP contribution in [0.5, 0.6) is 0 Å². The van der Waals surface area contributed by atoms with Gasteiger partial charge in [0, 0.05) is 16.6 Å². The third-order valence-electron chi connectivity index (χ3n) is 5.62. The standard InChI is InChI=1S/C28H28Br2F8N2O5/c1-24(2,3)44-22(42)16(23(43)45-25(4,5)6)13-39-18-9-7-8-15(20(18)31)21(41)40(30)19-11-10-14(12-17(19)29)26(32,27(33,34)35)28(36,37)38/h7-12,16,39H,13H2,1-6H3. The number of alkyl halides is 7. The van der Waals surface area contributed by atoms with Crippen LogP contribution >= 0.6 is 32.1 Å². The molecule has 17 heteroatoms. The minimum absolute atomic E-state index is 0.185. The van der Waals surface area contributed by atoms with Gasteiger partial charge in [0.1, 0.15) is 11.2 Å². The highest BCUT2D eigenvalue weighted by atomic mass is 79.9. The Morgan fingerprint density at radius 2 is 1.33 bits per heavy atom. The Morgan fingerprint density at radius 3 is 1.76 bits per heavy atom. The fraction of sp³-hybridized carbons (Fsp3) is 0.464. The summed E-state index contributed by atoms with van der Waals surface area (Å²) in [5, 5.41) is 2.56. The average Bonchev–Trinajstić information content (AvgIpc) is 2.84. The van der Waals surface area contributed by atoms with Gasteiger partial charge >= 0.3 is 30.0 Å². The Morgan fingerprint density at radius 1 is 0.844 bits per heavy atom. The monoisotopic (exact) mass is 782 g/mol. The quantitative estimate of drug-likeness (QED) is 0.125. The van der Waals surface area contributed by atoms with Crippen molar-refractivity contribution in [1.29, 1.82) is 0 Å². The van der Waals surface area contributed by atoms with Crippen molar-refractivity contribution in [3.8, 4) is 0 Å². The molecule has 0 radical (unpaired) electrons. The molecule has 0 saturated heterocycles. The molecule has 0 aliphatic rings. The number of ether oxygens (including phenoxy) is 2. The van der Waals surface area contributed by atoms with Crippen molar-refractivity contribution in [3.05, 3.63) is 57.8 Å². The van der Waals surface area contributed by atoms with E-state index in [0.717, 1.165) is 6.07 Å². The highest BCUT2D eigenvalue weighted by Crippen LogP contribution is 2.54. The highest BCUT2D eigenvalue weighted by Gasteiger charge is 2.73. The molecule has 0 saturated carbocycles. The molecule has 0 aromatic heterocycles. The number of rotatable bonds is 8. The lowest BCUT2D eigenvalue weighted by molar-refractivity contribution is -0.348. The Kier molecular flexibility index (Phi) is 11.4. The Labute approximate surface area is 270 Å². The molecule has 0 unspecified atom stereocenters. The normalized spacial score (nSPS) is 13.0. The van der Waals surface area contributed by atoms with Crippen molar-refractivity contribution < 1.29 is 59.0 Å². The topological polar surface area (TPSA) is 84.9 Å². The van der Waals surface area contributed by atoms with E-state index in [1.807, 2.05) is 0 Å². The van der Waals surface area contributed by atoms with Crippen LogP contribution in [0.15, 0.2) is 40.9 Å². The SMILES string of the molecule is CC(C)(C)OC(=O)C(CNc1cccc(C(=O)N(Br)c2ccc(C(F)(C(F)(F)F)C(F)(F)F)cc2Br)c1F)C(=O)OC(C)(C)C. The number of carbonyl (C=O) groups excluding carboxylic acids is 3. The number of benzene rings is 2. The number of amides is 1. The second-order valence-corrected chi connectivity index (χ2v) is 13.1. The predicted molar refractivity (Wildman–Crippen MR) is 155 cm³/mol. The van der Waals surface area contributed by atoms with E-state index in [1.165, 1.54) is 12.1 Å². The van der Waals surface area contributed by atoms with Gasteiger partial charge in [0.15, 0.2) is 11.7 Å². The zero-order valence-corrected chi connectivity index (χ0v) is 27.7. The number of hydrogen-bond donors (Lipinski definition) is 1. The lowest BCUT2D eigenvalue weighted by Gasteiger charge is -2.30. The molecule has 0 atom stereocenters. The molecule has 2 aromatic rings. The van der Waals surface area contributed by atoms with E-state index in [2.05, 4.69) is 37.4 Å². The van der Waals surface area contributed by atoms with Crippen LogP contribution < -0.4 is 9.24 Å². The summed E-state index contributed by atoms with van der Waals surface area (Å²) >= 11 is 5.55. The number of halogens is 10. The summed E-state index contributed by atoms with van der Waals surface area (Å²) in [7, 11) is 0. The zero-order chi connectivity index (χ0) is 34.9. The molecule has 1 amide bonds. The molecule has 0 spiro atoms. The van der Waals surface area contributed by atoms with Gasteiger partial charge in [0.25, 0.3) is 5.91 Å². The largest absolute Gasteiger partial charge is 0.459 e. The maximum Gasteiger partial charge on any atom is 0.435 e. The maximum absolute atomic E-state index is 15.5. The maximum atomic E-state index is 15.5. The van der Waals surface area contributed by atoms with E-state index in [9.17, 15) is 45.1 Å². The molecule has 0 aliphatic carbocycles. The van der Waals surface area contributed by atoms with E-state index >= 15 is 4.39 Å². The van der Waals surface area contributed by atoms with Crippen molar-refractivity contribution in [2.45, 2.75) is 70.8 Å². The predicted octanol–water partition coefficient (Wildman–Crippen LogP) is 8.55. The third-order valence-corrected chi connectivity index (χ3v) is 6.96. The molecule has 0 aliphatic heterocycles. The summed E-state index contributed by atoms with van der Waals surface area (Å²) in [5.74, 6) is -5.86. The molecule has 1 N–H and O–H groups in total. The molecule has 0 fully saturated rings. The Bertz CT molecular complexity index is 1390. The summed E-state index contributed by atoms with van der Waals surface area (Å²) in [6.45, 7) is 8.88. The van der Waals surface area contributed by atoms with E-state index in [1.54, 1.807) is 41.5 Å². The van der Waals surface area contributed by atoms with Gasteiger partial charge in [0.05, 0.1) is 33.1 Å². The number of anilines is 2. The van der Waals surface area contributed by atoms with Gasteiger partial charge in [-0.3, -0.25) is 14.4 Å². The average molecular weight is 784 g/mol. The number of hydrogen-bond acceptors (Lipinski definition) is 6. The van der Waals surface area contributed by atoms with Crippen LogP contribution in [0.3, 0.4) is 0 Å². The van der Waals surface area contributed by atoms with Crippen molar-refractivity contribution >= 4 is 61.3 Å². The van der Waals surface area contributed by atoms with Crippen LogP contribution in [0.4, 0.5) is 46.5 Å². The summed E-state index contributed by atoms with van der Waals surface area (Å²) in [6.07, 6.45) is -12.7. The van der Waals surface area contributed by atoms with Crippen LogP contribution in [0.1, 0.15) is 57.5 Å². The Hall–Kier alpha value is -2.95. The second-order valence-electron chi connectivity index (χ2n) is 11.6. The number of carbonyl (C=O) groups is 3. The molecule has 2 aromatic carbocycles. The van der Waals surface area contributed by atoms with Crippen LogP contribution in [0.2, 0.25) is 0 Å². The molecule has 0 bridgehead atoms. The van der Waals surface area contributed by atoms with Gasteiger partial charge in [-0.1, -0.05) is 12.1 Å². The van der Waals surface area contributed by atoms with Crippen LogP contribution in [-0.2, 0) is 24.7 Å². The second kappa shape index (κ2) is 13.4. The van der Waals surface area contributed by atoms with Crippen molar-refractivity contribution in [3.63, 3.8) is 0 Å². The fourth-order valence-corrected chi connectivity index (χ4v) is 4.93. The number of esters is 2. The zero-order valence-electron chi connectivity index (χ0n) is 24.5. The lowest BCUT2D eigenvalue weighted by atomic mass is 9.94. The summed E-state index contributed by atoms with van der Waals surface area (Å²) in [4.78, 5) is 38.7. The fourth-order valence-electron chi connectivity index (χ4n) is 3.64. The van der Waals surface area contributed by atoms with E-state index in [-0.39, 0.29) is 17.8 Å². The van der Waals surface area contributed by atoms with E-state index in [4.69, 9.17) is 9.47 Å². The summed E-state index contributed by atoms with van der Waals surface area (Å²) in [5.41, 5.74) is -10.9. The summed E-state index contributed by atoms with van der Waals surface area (Å²) < 4.78 is 120. The van der Waals surface area contributed by atoms with Crippen molar-refractivity contribution in [1.82, 2.24) is 0 Å². The lowest BCUT2D eigenvalue weighted by Crippen LogP contribution is -2.50. The molecule has 250 valence electrons. The number of nitrogens with one attached hydrogen (secondary N) is 1. The van der Waals surface area contributed by atoms with Gasteiger partial charge < -0.3 is 14.8 Å². The first kappa shape index (κ1) is 38.2. The first-order valence-corrected chi connectivity index (χ1v) is 14.3. The molecular formula is C28H28Br2F8N2O5. The molecule has 0 heterocycles. The summed E-state index contributed by atoms with van der Waals surface area (Å²) in [6, 6.07) is 4.37.